The van der Waals surface area contributed by atoms with Crippen LogP contribution < -0.4 is 10.1 Å². The quantitative estimate of drug-likeness (QED) is 0.321. The number of nitrogens with one attached hydrogen (secondary N) is 1. The van der Waals surface area contributed by atoms with E-state index in [1.165, 1.54) is 23.8 Å². The first-order valence-electron chi connectivity index (χ1n) is 9.67. The van der Waals surface area contributed by atoms with Gasteiger partial charge in [-0.2, -0.15) is 5.26 Å². The summed E-state index contributed by atoms with van der Waals surface area (Å²) >= 11 is 3.45. The second kappa shape index (κ2) is 10.6. The van der Waals surface area contributed by atoms with Gasteiger partial charge >= 0.3 is 0 Å². The van der Waals surface area contributed by atoms with Gasteiger partial charge in [-0.05, 0) is 81.5 Å². The number of carbonyl (C=O) groups excluding carboxylic acids is 1. The average molecular weight is 479 g/mol. The standard InChI is InChI=1S/C25H20BrFN2O2/c1-2-17-5-10-22(11-6-17)29-25(30)20(15-28)13-19-7-12-24(23(26)14-19)31-16-18-3-8-21(27)9-4-18/h3-14H,2,16H2,1H3,(H,29,30)/b20-13+. The first kappa shape index (κ1) is 22.3. The first-order chi connectivity index (χ1) is 15.0. The highest BCUT2D eigenvalue weighted by Crippen LogP contribution is 2.28. The van der Waals surface area contributed by atoms with E-state index in [1.54, 1.807) is 30.3 Å². The molecular weight excluding hydrogens is 459 g/mol. The lowest BCUT2D eigenvalue weighted by Gasteiger charge is -2.09. The fraction of sp³-hybridized carbons (Fsp3) is 0.120. The average Bonchev–Trinajstić information content (AvgIpc) is 2.78. The van der Waals surface area contributed by atoms with Crippen molar-refractivity contribution in [3.05, 3.63) is 99.3 Å². The minimum atomic E-state index is -0.473. The van der Waals surface area contributed by atoms with Gasteiger partial charge in [-0.15, -0.1) is 0 Å². The third kappa shape index (κ3) is 6.27. The number of carbonyl (C=O) groups is 1. The minimum Gasteiger partial charge on any atom is -0.488 e. The monoisotopic (exact) mass is 478 g/mol. The number of halogens is 2. The van der Waals surface area contributed by atoms with Crippen LogP contribution in [0.2, 0.25) is 0 Å². The number of hydrogen-bond donors (Lipinski definition) is 1. The Kier molecular flexibility index (Phi) is 7.58. The van der Waals surface area contributed by atoms with E-state index < -0.39 is 5.91 Å². The van der Waals surface area contributed by atoms with Gasteiger partial charge < -0.3 is 10.1 Å². The van der Waals surface area contributed by atoms with Crippen LogP contribution in [0.15, 0.2) is 76.8 Å². The van der Waals surface area contributed by atoms with Crippen LogP contribution in [0.25, 0.3) is 6.08 Å². The van der Waals surface area contributed by atoms with E-state index in [2.05, 4.69) is 28.2 Å². The molecule has 0 spiro atoms. The van der Waals surface area contributed by atoms with Crippen molar-refractivity contribution < 1.29 is 13.9 Å². The van der Waals surface area contributed by atoms with Gasteiger partial charge in [0.05, 0.1) is 4.47 Å². The molecule has 0 saturated carbocycles. The molecular formula is C25H20BrFN2O2. The molecule has 0 aliphatic rings. The van der Waals surface area contributed by atoms with Crippen molar-refractivity contribution in [2.45, 2.75) is 20.0 Å². The number of hydrogen-bond acceptors (Lipinski definition) is 3. The Labute approximate surface area is 189 Å². The lowest BCUT2D eigenvalue weighted by molar-refractivity contribution is -0.112. The summed E-state index contributed by atoms with van der Waals surface area (Å²) < 4.78 is 19.4. The number of aryl methyl sites for hydroxylation is 1. The normalized spacial score (nSPS) is 11.0. The third-order valence-corrected chi connectivity index (χ3v) is 5.18. The molecule has 0 radical (unpaired) electrons. The van der Waals surface area contributed by atoms with E-state index in [-0.39, 0.29) is 18.0 Å². The smallest absolute Gasteiger partial charge is 0.266 e. The molecule has 0 saturated heterocycles. The maximum Gasteiger partial charge on any atom is 0.266 e. The van der Waals surface area contributed by atoms with E-state index in [0.29, 0.717) is 21.5 Å². The molecule has 3 rings (SSSR count). The maximum atomic E-state index is 13.0. The van der Waals surface area contributed by atoms with Crippen molar-refractivity contribution in [2.75, 3.05) is 5.32 Å². The highest BCUT2D eigenvalue weighted by atomic mass is 79.9. The summed E-state index contributed by atoms with van der Waals surface area (Å²) in [6.45, 7) is 2.35. The fourth-order valence-electron chi connectivity index (χ4n) is 2.80. The summed E-state index contributed by atoms with van der Waals surface area (Å²) in [5.74, 6) is -0.170. The van der Waals surface area contributed by atoms with E-state index in [9.17, 15) is 14.4 Å². The molecule has 3 aromatic rings. The Morgan fingerprint density at radius 3 is 2.39 bits per heavy atom. The zero-order valence-corrected chi connectivity index (χ0v) is 18.4. The van der Waals surface area contributed by atoms with Crippen LogP contribution in [0.5, 0.6) is 5.75 Å². The van der Waals surface area contributed by atoms with Crippen molar-refractivity contribution in [2.24, 2.45) is 0 Å². The predicted molar refractivity (Wildman–Crippen MR) is 123 cm³/mol. The number of benzene rings is 3. The van der Waals surface area contributed by atoms with Gasteiger partial charge in [0.15, 0.2) is 0 Å². The molecule has 1 N–H and O–H groups in total. The van der Waals surface area contributed by atoms with Gasteiger partial charge in [-0.25, -0.2) is 4.39 Å². The van der Waals surface area contributed by atoms with Crippen molar-refractivity contribution in [3.8, 4) is 11.8 Å². The zero-order valence-electron chi connectivity index (χ0n) is 16.9. The lowest BCUT2D eigenvalue weighted by atomic mass is 10.1. The second-order valence-electron chi connectivity index (χ2n) is 6.78. The van der Waals surface area contributed by atoms with Gasteiger partial charge in [0.2, 0.25) is 0 Å². The second-order valence-corrected chi connectivity index (χ2v) is 7.63. The van der Waals surface area contributed by atoms with Crippen LogP contribution in [0.1, 0.15) is 23.6 Å². The Hall–Kier alpha value is -3.43. The lowest BCUT2D eigenvalue weighted by Crippen LogP contribution is -2.13. The Bertz CT molecular complexity index is 1130. The summed E-state index contributed by atoms with van der Waals surface area (Å²) in [7, 11) is 0. The van der Waals surface area contributed by atoms with Crippen LogP contribution in [-0.2, 0) is 17.8 Å². The van der Waals surface area contributed by atoms with Crippen LogP contribution in [0, 0.1) is 17.1 Å². The van der Waals surface area contributed by atoms with Crippen LogP contribution in [0.3, 0.4) is 0 Å². The number of ether oxygens (including phenoxy) is 1. The molecule has 31 heavy (non-hydrogen) atoms. The number of nitrogens with zero attached hydrogens (tertiary/aromatic N) is 1. The molecule has 4 nitrogen and oxygen atoms in total. The van der Waals surface area contributed by atoms with Crippen molar-refractivity contribution in [1.29, 1.82) is 5.26 Å². The maximum absolute atomic E-state index is 13.0. The van der Waals surface area contributed by atoms with Crippen molar-refractivity contribution in [1.82, 2.24) is 0 Å². The number of rotatable bonds is 7. The van der Waals surface area contributed by atoms with Gasteiger partial charge in [-0.1, -0.05) is 37.3 Å². The van der Waals surface area contributed by atoms with E-state index in [4.69, 9.17) is 4.74 Å². The van der Waals surface area contributed by atoms with Gasteiger partial charge in [-0.3, -0.25) is 4.79 Å². The summed E-state index contributed by atoms with van der Waals surface area (Å²) in [6.07, 6.45) is 2.43. The minimum absolute atomic E-state index is 0.00792. The molecule has 3 aromatic carbocycles. The Morgan fingerprint density at radius 2 is 1.77 bits per heavy atom. The third-order valence-electron chi connectivity index (χ3n) is 4.56. The molecule has 0 atom stereocenters. The molecule has 156 valence electrons. The Morgan fingerprint density at radius 1 is 1.10 bits per heavy atom. The number of nitriles is 1. The summed E-state index contributed by atoms with van der Waals surface area (Å²) in [4.78, 5) is 12.5. The SMILES string of the molecule is CCc1ccc(NC(=O)/C(C#N)=C/c2ccc(OCc3ccc(F)cc3)c(Br)c2)cc1. The molecule has 0 aliphatic carbocycles. The summed E-state index contributed by atoms with van der Waals surface area (Å²) in [5.41, 5.74) is 3.31. The highest BCUT2D eigenvalue weighted by Gasteiger charge is 2.11. The summed E-state index contributed by atoms with van der Waals surface area (Å²) in [5, 5.41) is 12.2. The Balaban J connectivity index is 1.68. The van der Waals surface area contributed by atoms with Gasteiger partial charge in [0.25, 0.3) is 5.91 Å². The molecule has 0 fully saturated rings. The van der Waals surface area contributed by atoms with E-state index >= 15 is 0 Å². The van der Waals surface area contributed by atoms with Crippen LogP contribution in [-0.4, -0.2) is 5.91 Å². The summed E-state index contributed by atoms with van der Waals surface area (Å²) in [6, 6.07) is 20.8. The van der Waals surface area contributed by atoms with Gasteiger partial charge in [0.1, 0.15) is 29.8 Å². The van der Waals surface area contributed by atoms with E-state index in [1.807, 2.05) is 30.3 Å². The molecule has 6 heteroatoms. The molecule has 1 amide bonds. The van der Waals surface area contributed by atoms with Crippen LogP contribution >= 0.6 is 15.9 Å². The molecule has 0 unspecified atom stereocenters. The fourth-order valence-corrected chi connectivity index (χ4v) is 3.31. The van der Waals surface area contributed by atoms with Crippen LogP contribution in [0.4, 0.5) is 10.1 Å². The van der Waals surface area contributed by atoms with Crippen molar-refractivity contribution in [3.63, 3.8) is 0 Å². The number of amides is 1. The number of anilines is 1. The van der Waals surface area contributed by atoms with Gasteiger partial charge in [0, 0.05) is 5.69 Å². The molecule has 0 aromatic heterocycles. The topological polar surface area (TPSA) is 62.1 Å². The largest absolute Gasteiger partial charge is 0.488 e. The van der Waals surface area contributed by atoms with Crippen molar-refractivity contribution >= 4 is 33.6 Å². The highest BCUT2D eigenvalue weighted by molar-refractivity contribution is 9.10. The zero-order chi connectivity index (χ0) is 22.2. The molecule has 0 bridgehead atoms. The predicted octanol–water partition coefficient (Wildman–Crippen LogP) is 6.28. The first-order valence-corrected chi connectivity index (χ1v) is 10.5. The molecule has 0 aliphatic heterocycles. The van der Waals surface area contributed by atoms with E-state index in [0.717, 1.165) is 12.0 Å². The molecule has 0 heterocycles.